The zero-order chi connectivity index (χ0) is 17.8. The summed E-state index contributed by atoms with van der Waals surface area (Å²) in [7, 11) is 1.79. The molecule has 0 N–H and O–H groups in total. The molecule has 24 heavy (non-hydrogen) atoms. The van der Waals surface area contributed by atoms with Gasteiger partial charge >= 0.3 is 6.09 Å². The van der Waals surface area contributed by atoms with Crippen LogP contribution in [-0.2, 0) is 9.47 Å². The maximum absolute atomic E-state index is 12.1. The van der Waals surface area contributed by atoms with E-state index in [1.54, 1.807) is 11.9 Å². The Kier molecular flexibility index (Phi) is 4.22. The van der Waals surface area contributed by atoms with E-state index in [4.69, 9.17) is 9.47 Å². The number of nitrogens with zero attached hydrogens (tertiary/aromatic N) is 1. The average molecular weight is 338 g/mol. The fourth-order valence-electron chi connectivity index (χ4n) is 6.33. The summed E-state index contributed by atoms with van der Waals surface area (Å²) in [5, 5.41) is 0. The molecule has 4 nitrogen and oxygen atoms in total. The Morgan fingerprint density at radius 2 is 1.67 bits per heavy atom. The molecule has 2 atom stereocenters. The van der Waals surface area contributed by atoms with Crippen molar-refractivity contribution in [3.05, 3.63) is 0 Å². The zero-order valence-corrected chi connectivity index (χ0v) is 16.4. The van der Waals surface area contributed by atoms with Crippen LogP contribution in [0.5, 0.6) is 0 Å². The number of carbonyl (C=O) groups excluding carboxylic acids is 1. The Labute approximate surface area is 147 Å². The minimum absolute atomic E-state index is 0.0533. The molecule has 4 saturated carbocycles. The minimum Gasteiger partial charge on any atom is -0.444 e. The summed E-state index contributed by atoms with van der Waals surface area (Å²) in [5.41, 5.74) is 0.531. The third kappa shape index (κ3) is 3.74. The van der Waals surface area contributed by atoms with E-state index < -0.39 is 5.60 Å². The lowest BCUT2D eigenvalue weighted by molar-refractivity contribution is -0.214. The lowest BCUT2D eigenvalue weighted by Crippen LogP contribution is -2.59. The Hall–Kier alpha value is -0.770. The molecule has 0 saturated heterocycles. The highest BCUT2D eigenvalue weighted by Gasteiger charge is 2.60. The van der Waals surface area contributed by atoms with Crippen LogP contribution in [0.15, 0.2) is 0 Å². The van der Waals surface area contributed by atoms with E-state index in [0.29, 0.717) is 24.0 Å². The van der Waals surface area contributed by atoms with Gasteiger partial charge in [-0.1, -0.05) is 13.8 Å². The van der Waals surface area contributed by atoms with Gasteiger partial charge in [0, 0.05) is 13.6 Å². The predicted molar refractivity (Wildman–Crippen MR) is 95.0 cm³/mol. The van der Waals surface area contributed by atoms with Crippen LogP contribution in [0, 0.1) is 16.7 Å². The number of amides is 1. The molecule has 1 amide bonds. The Morgan fingerprint density at radius 3 is 2.17 bits per heavy atom. The smallest absolute Gasteiger partial charge is 0.410 e. The first-order chi connectivity index (χ1) is 10.9. The second-order valence-corrected chi connectivity index (χ2v) is 10.6. The lowest BCUT2D eigenvalue weighted by atomic mass is 9.43. The maximum atomic E-state index is 12.1. The van der Waals surface area contributed by atoms with E-state index in [0.717, 1.165) is 5.92 Å². The monoisotopic (exact) mass is 337 g/mol. The standard InChI is InChI=1S/C20H35NO3/c1-17(2,3)24-16(22)21(6)7-8-23-20-11-15-9-18(4,13-20)12-19(5,10-15)14-20/h15H,7-14H2,1-6H3. The van der Waals surface area contributed by atoms with Crippen molar-refractivity contribution < 1.29 is 14.3 Å². The fourth-order valence-corrected chi connectivity index (χ4v) is 6.33. The Bertz CT molecular complexity index is 492. The van der Waals surface area contributed by atoms with Gasteiger partial charge in [-0.3, -0.25) is 0 Å². The molecule has 2 unspecified atom stereocenters. The molecule has 4 aliphatic rings. The van der Waals surface area contributed by atoms with Crippen LogP contribution in [-0.4, -0.2) is 42.4 Å². The fraction of sp³-hybridized carbons (Fsp3) is 0.950. The van der Waals surface area contributed by atoms with Gasteiger partial charge in [0.05, 0.1) is 12.2 Å². The Morgan fingerprint density at radius 1 is 1.08 bits per heavy atom. The molecule has 0 aromatic heterocycles. The molecule has 0 aliphatic heterocycles. The van der Waals surface area contributed by atoms with Gasteiger partial charge in [0.15, 0.2) is 0 Å². The van der Waals surface area contributed by atoms with Gasteiger partial charge in [-0.2, -0.15) is 0 Å². The van der Waals surface area contributed by atoms with Crippen molar-refractivity contribution in [1.82, 2.24) is 4.90 Å². The summed E-state index contributed by atoms with van der Waals surface area (Å²) in [4.78, 5) is 13.7. The van der Waals surface area contributed by atoms with Crippen LogP contribution in [0.25, 0.3) is 0 Å². The SMILES string of the molecule is CN(CCOC12CC3CC(C)(CC(C)(C3)C1)C2)C(=O)OC(C)(C)C. The first kappa shape index (κ1) is 18.0. The summed E-state index contributed by atoms with van der Waals surface area (Å²) >= 11 is 0. The number of carbonyl (C=O) groups is 1. The maximum Gasteiger partial charge on any atom is 0.410 e. The minimum atomic E-state index is -0.449. The second-order valence-electron chi connectivity index (χ2n) is 10.6. The molecule has 0 radical (unpaired) electrons. The van der Waals surface area contributed by atoms with Crippen LogP contribution in [0.1, 0.15) is 73.1 Å². The molecule has 0 aromatic rings. The third-order valence-corrected chi connectivity index (χ3v) is 6.12. The van der Waals surface area contributed by atoms with Gasteiger partial charge in [-0.15, -0.1) is 0 Å². The van der Waals surface area contributed by atoms with E-state index in [-0.39, 0.29) is 11.7 Å². The van der Waals surface area contributed by atoms with Crippen molar-refractivity contribution in [2.45, 2.75) is 84.3 Å². The van der Waals surface area contributed by atoms with Crippen molar-refractivity contribution >= 4 is 6.09 Å². The molecule has 0 spiro atoms. The molecule has 138 valence electrons. The highest BCUT2D eigenvalue weighted by atomic mass is 16.6. The van der Waals surface area contributed by atoms with Crippen molar-refractivity contribution in [3.63, 3.8) is 0 Å². The van der Waals surface area contributed by atoms with Crippen molar-refractivity contribution in [3.8, 4) is 0 Å². The highest BCUT2D eigenvalue weighted by Crippen LogP contribution is 2.67. The Balaban J connectivity index is 1.54. The normalized spacial score (nSPS) is 40.7. The van der Waals surface area contributed by atoms with Crippen LogP contribution < -0.4 is 0 Å². The highest BCUT2D eigenvalue weighted by molar-refractivity contribution is 5.67. The molecule has 0 heterocycles. The van der Waals surface area contributed by atoms with Crippen molar-refractivity contribution in [2.24, 2.45) is 16.7 Å². The van der Waals surface area contributed by atoms with Crippen LogP contribution in [0.3, 0.4) is 0 Å². The molecule has 0 aromatic carbocycles. The quantitative estimate of drug-likeness (QED) is 0.751. The van der Waals surface area contributed by atoms with E-state index in [1.807, 2.05) is 20.8 Å². The third-order valence-electron chi connectivity index (χ3n) is 6.12. The number of ether oxygens (including phenoxy) is 2. The van der Waals surface area contributed by atoms with Gasteiger partial charge in [0.25, 0.3) is 0 Å². The van der Waals surface area contributed by atoms with E-state index in [2.05, 4.69) is 13.8 Å². The molecule has 4 bridgehead atoms. The van der Waals surface area contributed by atoms with Crippen LogP contribution in [0.2, 0.25) is 0 Å². The molecule has 4 aliphatic carbocycles. The van der Waals surface area contributed by atoms with E-state index in [9.17, 15) is 4.79 Å². The molecular formula is C20H35NO3. The summed E-state index contributed by atoms with van der Waals surface area (Å²) in [5.74, 6) is 0.833. The van der Waals surface area contributed by atoms with Crippen molar-refractivity contribution in [1.29, 1.82) is 0 Å². The average Bonchev–Trinajstić information content (AvgIpc) is 2.31. The van der Waals surface area contributed by atoms with Gasteiger partial charge in [0.2, 0.25) is 0 Å². The van der Waals surface area contributed by atoms with Gasteiger partial charge < -0.3 is 14.4 Å². The lowest BCUT2D eigenvalue weighted by Gasteiger charge is -2.65. The largest absolute Gasteiger partial charge is 0.444 e. The van der Waals surface area contributed by atoms with E-state index >= 15 is 0 Å². The van der Waals surface area contributed by atoms with Gasteiger partial charge in [-0.25, -0.2) is 4.79 Å². The molecule has 4 heteroatoms. The first-order valence-corrected chi connectivity index (χ1v) is 9.50. The summed E-state index contributed by atoms with van der Waals surface area (Å²) in [6.45, 7) is 11.8. The number of hydrogen-bond donors (Lipinski definition) is 0. The van der Waals surface area contributed by atoms with Crippen molar-refractivity contribution in [2.75, 3.05) is 20.2 Å². The number of hydrogen-bond acceptors (Lipinski definition) is 3. The molecule has 4 fully saturated rings. The van der Waals surface area contributed by atoms with Crippen LogP contribution in [0.4, 0.5) is 4.79 Å². The first-order valence-electron chi connectivity index (χ1n) is 9.50. The molecular weight excluding hydrogens is 302 g/mol. The van der Waals surface area contributed by atoms with E-state index in [1.165, 1.54) is 38.5 Å². The number of rotatable bonds is 4. The summed E-state index contributed by atoms with van der Waals surface area (Å²) in [6.07, 6.45) is 7.46. The molecule has 4 rings (SSSR count). The summed E-state index contributed by atoms with van der Waals surface area (Å²) in [6, 6.07) is 0. The predicted octanol–water partition coefficient (Wildman–Crippen LogP) is 4.62. The second kappa shape index (κ2) is 5.62. The number of likely N-dealkylation sites (N-methyl/N-ethyl adjacent to an activating group) is 1. The topological polar surface area (TPSA) is 38.8 Å². The zero-order valence-electron chi connectivity index (χ0n) is 16.4. The van der Waals surface area contributed by atoms with Gasteiger partial charge in [-0.05, 0) is 76.0 Å². The van der Waals surface area contributed by atoms with Gasteiger partial charge in [0.1, 0.15) is 5.60 Å². The summed E-state index contributed by atoms with van der Waals surface area (Å²) < 4.78 is 11.9. The van der Waals surface area contributed by atoms with Crippen LogP contribution >= 0.6 is 0 Å².